The van der Waals surface area contributed by atoms with E-state index in [-0.39, 0.29) is 11.9 Å². The van der Waals surface area contributed by atoms with Crippen molar-refractivity contribution in [1.82, 2.24) is 25.3 Å². The van der Waals surface area contributed by atoms with Crippen molar-refractivity contribution in [1.29, 1.82) is 0 Å². The molecular formula is C18H22N6O3. The molecule has 2 aromatic heterocycles. The number of amides is 2. The predicted molar refractivity (Wildman–Crippen MR) is 98.5 cm³/mol. The Morgan fingerprint density at radius 2 is 2.22 bits per heavy atom. The Balaban J connectivity index is 1.46. The van der Waals surface area contributed by atoms with Gasteiger partial charge < -0.3 is 19.4 Å². The van der Waals surface area contributed by atoms with E-state index in [0.717, 1.165) is 22.2 Å². The molecule has 0 radical (unpaired) electrons. The van der Waals surface area contributed by atoms with Crippen LogP contribution in [0.25, 0.3) is 10.9 Å². The summed E-state index contributed by atoms with van der Waals surface area (Å²) in [4.78, 5) is 14.4. The highest BCUT2D eigenvalue weighted by atomic mass is 16.5. The van der Waals surface area contributed by atoms with Crippen molar-refractivity contribution in [3.8, 4) is 0 Å². The second-order valence-corrected chi connectivity index (χ2v) is 6.99. The number of benzene rings is 1. The number of carbonyl (C=O) groups excluding carboxylic acids is 1. The fourth-order valence-electron chi connectivity index (χ4n) is 3.10. The first-order valence-corrected chi connectivity index (χ1v) is 8.96. The molecule has 3 heterocycles. The summed E-state index contributed by atoms with van der Waals surface area (Å²) < 4.78 is 11.4. The van der Waals surface area contributed by atoms with Gasteiger partial charge in [-0.3, -0.25) is 5.10 Å². The molecule has 2 N–H and O–H groups in total. The van der Waals surface area contributed by atoms with Gasteiger partial charge in [0.25, 0.3) is 0 Å². The summed E-state index contributed by atoms with van der Waals surface area (Å²) >= 11 is 0. The monoisotopic (exact) mass is 370 g/mol. The lowest BCUT2D eigenvalue weighted by atomic mass is 10.1. The Kier molecular flexibility index (Phi) is 4.53. The van der Waals surface area contributed by atoms with Gasteiger partial charge in [-0.25, -0.2) is 4.79 Å². The number of anilines is 1. The molecule has 9 heteroatoms. The zero-order chi connectivity index (χ0) is 19.0. The van der Waals surface area contributed by atoms with Gasteiger partial charge in [0.15, 0.2) is 6.10 Å². The highest BCUT2D eigenvalue weighted by molar-refractivity contribution is 5.93. The number of nitrogens with zero attached hydrogens (tertiary/aromatic N) is 4. The smallest absolute Gasteiger partial charge is 0.322 e. The van der Waals surface area contributed by atoms with Crippen LogP contribution in [-0.2, 0) is 4.74 Å². The van der Waals surface area contributed by atoms with Gasteiger partial charge in [0.05, 0.1) is 24.9 Å². The van der Waals surface area contributed by atoms with E-state index < -0.39 is 6.10 Å². The highest BCUT2D eigenvalue weighted by Crippen LogP contribution is 2.25. The van der Waals surface area contributed by atoms with E-state index in [1.165, 1.54) is 0 Å². The summed E-state index contributed by atoms with van der Waals surface area (Å²) in [5.41, 5.74) is 2.65. The molecule has 4 rings (SSSR count). The largest absolute Gasteiger partial charge is 0.422 e. The first-order valence-electron chi connectivity index (χ1n) is 8.96. The third-order valence-electron chi connectivity index (χ3n) is 4.60. The zero-order valence-corrected chi connectivity index (χ0v) is 15.5. The van der Waals surface area contributed by atoms with E-state index in [1.807, 2.05) is 32.9 Å². The quantitative estimate of drug-likeness (QED) is 0.733. The average Bonchev–Trinajstić information content (AvgIpc) is 3.31. The number of aromatic amines is 1. The van der Waals surface area contributed by atoms with Gasteiger partial charge in [-0.05, 0) is 24.6 Å². The van der Waals surface area contributed by atoms with Gasteiger partial charge in [-0.2, -0.15) is 5.10 Å². The predicted octanol–water partition coefficient (Wildman–Crippen LogP) is 2.98. The molecule has 1 aliphatic heterocycles. The molecular weight excluding hydrogens is 348 g/mol. The number of aromatic nitrogens is 4. The van der Waals surface area contributed by atoms with E-state index in [2.05, 4.69) is 25.7 Å². The van der Waals surface area contributed by atoms with Crippen LogP contribution >= 0.6 is 0 Å². The normalized spacial score (nSPS) is 17.6. The SMILES string of the molecule is Cc1cc(NC(=O)N2CCOC(c3nnc(C(C)C)o3)C2)cc2[nH]ncc12. The van der Waals surface area contributed by atoms with Crippen LogP contribution in [0, 0.1) is 6.92 Å². The zero-order valence-electron chi connectivity index (χ0n) is 15.5. The van der Waals surface area contributed by atoms with Crippen LogP contribution in [0.15, 0.2) is 22.7 Å². The maximum Gasteiger partial charge on any atom is 0.322 e. The number of aryl methyl sites for hydroxylation is 1. The molecule has 1 fully saturated rings. The lowest BCUT2D eigenvalue weighted by Gasteiger charge is -2.31. The fourth-order valence-corrected chi connectivity index (χ4v) is 3.10. The van der Waals surface area contributed by atoms with E-state index in [9.17, 15) is 4.79 Å². The van der Waals surface area contributed by atoms with Crippen LogP contribution in [-0.4, -0.2) is 51.0 Å². The van der Waals surface area contributed by atoms with Crippen molar-refractivity contribution in [2.24, 2.45) is 0 Å². The Labute approximate surface area is 156 Å². The second-order valence-electron chi connectivity index (χ2n) is 6.99. The number of H-pyrrole nitrogens is 1. The molecule has 1 aromatic carbocycles. The second kappa shape index (κ2) is 6.99. The Bertz CT molecular complexity index is 963. The van der Waals surface area contributed by atoms with Gasteiger partial charge >= 0.3 is 6.03 Å². The van der Waals surface area contributed by atoms with Crippen LogP contribution < -0.4 is 5.32 Å². The molecule has 0 saturated carbocycles. The van der Waals surface area contributed by atoms with Crippen LogP contribution in [0.5, 0.6) is 0 Å². The van der Waals surface area contributed by atoms with Gasteiger partial charge in [0.2, 0.25) is 11.8 Å². The van der Waals surface area contributed by atoms with Crippen molar-refractivity contribution in [3.05, 3.63) is 35.7 Å². The maximum atomic E-state index is 12.7. The molecule has 2 amide bonds. The lowest BCUT2D eigenvalue weighted by molar-refractivity contribution is -0.0276. The number of fused-ring (bicyclic) bond motifs is 1. The maximum absolute atomic E-state index is 12.7. The first-order chi connectivity index (χ1) is 13.0. The number of morpholine rings is 1. The molecule has 27 heavy (non-hydrogen) atoms. The third-order valence-corrected chi connectivity index (χ3v) is 4.60. The Morgan fingerprint density at radius 3 is 3.00 bits per heavy atom. The number of carbonyl (C=O) groups is 1. The van der Waals surface area contributed by atoms with Gasteiger partial charge in [0, 0.05) is 23.5 Å². The van der Waals surface area contributed by atoms with Crippen molar-refractivity contribution in [2.45, 2.75) is 32.8 Å². The minimum atomic E-state index is -0.415. The fraction of sp³-hybridized carbons (Fsp3) is 0.444. The van der Waals surface area contributed by atoms with E-state index >= 15 is 0 Å². The van der Waals surface area contributed by atoms with Crippen molar-refractivity contribution >= 4 is 22.6 Å². The third kappa shape index (κ3) is 3.50. The topological polar surface area (TPSA) is 109 Å². The number of nitrogens with one attached hydrogen (secondary N) is 2. The van der Waals surface area contributed by atoms with Crippen molar-refractivity contribution in [2.75, 3.05) is 25.0 Å². The molecule has 142 valence electrons. The molecule has 1 saturated heterocycles. The summed E-state index contributed by atoms with van der Waals surface area (Å²) in [7, 11) is 0. The minimum absolute atomic E-state index is 0.148. The minimum Gasteiger partial charge on any atom is -0.422 e. The van der Waals surface area contributed by atoms with E-state index in [0.29, 0.717) is 31.5 Å². The summed E-state index contributed by atoms with van der Waals surface area (Å²) in [6, 6.07) is 3.61. The summed E-state index contributed by atoms with van der Waals surface area (Å²) in [6.07, 6.45) is 1.36. The summed E-state index contributed by atoms with van der Waals surface area (Å²) in [5.74, 6) is 1.12. The first kappa shape index (κ1) is 17.5. The highest BCUT2D eigenvalue weighted by Gasteiger charge is 2.29. The number of urea groups is 1. The molecule has 1 aliphatic rings. The van der Waals surface area contributed by atoms with Crippen molar-refractivity contribution in [3.63, 3.8) is 0 Å². The van der Waals surface area contributed by atoms with Crippen LogP contribution in [0.3, 0.4) is 0 Å². The van der Waals surface area contributed by atoms with Crippen LogP contribution in [0.2, 0.25) is 0 Å². The Hall–Kier alpha value is -2.94. The van der Waals surface area contributed by atoms with Crippen LogP contribution in [0.1, 0.15) is 43.2 Å². The standard InChI is InChI=1S/C18H22N6O3/c1-10(2)16-22-23-17(27-16)15-9-24(4-5-26-15)18(25)20-12-6-11(3)13-8-19-21-14(13)7-12/h6-8,10,15H,4-5,9H2,1-3H3,(H,19,21)(H,20,25). The van der Waals surface area contributed by atoms with Gasteiger partial charge in [0.1, 0.15) is 0 Å². The average molecular weight is 370 g/mol. The van der Waals surface area contributed by atoms with E-state index in [4.69, 9.17) is 9.15 Å². The molecule has 1 unspecified atom stereocenters. The molecule has 1 atom stereocenters. The molecule has 0 aliphatic carbocycles. The molecule has 0 bridgehead atoms. The molecule has 0 spiro atoms. The van der Waals surface area contributed by atoms with Crippen LogP contribution in [0.4, 0.5) is 10.5 Å². The van der Waals surface area contributed by atoms with Crippen molar-refractivity contribution < 1.29 is 13.9 Å². The number of hydrogen-bond donors (Lipinski definition) is 2. The van der Waals surface area contributed by atoms with Gasteiger partial charge in [-0.1, -0.05) is 13.8 Å². The van der Waals surface area contributed by atoms with E-state index in [1.54, 1.807) is 11.1 Å². The van der Waals surface area contributed by atoms with Gasteiger partial charge in [-0.15, -0.1) is 10.2 Å². The summed E-state index contributed by atoms with van der Waals surface area (Å²) in [5, 5.41) is 19.1. The number of hydrogen-bond acceptors (Lipinski definition) is 6. The molecule has 9 nitrogen and oxygen atoms in total. The summed E-state index contributed by atoms with van der Waals surface area (Å²) in [6.45, 7) is 7.22. The Morgan fingerprint density at radius 1 is 1.37 bits per heavy atom. The number of ether oxygens (including phenoxy) is 1. The number of rotatable bonds is 3. The lowest BCUT2D eigenvalue weighted by Crippen LogP contribution is -2.44. The molecule has 3 aromatic rings.